The first-order valence-electron chi connectivity index (χ1n) is 10.8. The van der Waals surface area contributed by atoms with Gasteiger partial charge < -0.3 is 15.0 Å². The van der Waals surface area contributed by atoms with Crippen molar-refractivity contribution in [3.63, 3.8) is 0 Å². The number of nitrogens with zero attached hydrogens (tertiary/aromatic N) is 3. The van der Waals surface area contributed by atoms with Crippen molar-refractivity contribution in [2.24, 2.45) is 0 Å². The smallest absolute Gasteiger partial charge is 0.410 e. The average molecular weight is 467 g/mol. The van der Waals surface area contributed by atoms with E-state index < -0.39 is 5.60 Å². The molecule has 2 heterocycles. The van der Waals surface area contributed by atoms with E-state index in [2.05, 4.69) is 10.4 Å². The van der Waals surface area contributed by atoms with Gasteiger partial charge >= 0.3 is 6.09 Å². The minimum Gasteiger partial charge on any atom is -0.444 e. The number of rotatable bonds is 4. The van der Waals surface area contributed by atoms with Gasteiger partial charge in [0, 0.05) is 29.9 Å². The molecule has 4 rings (SSSR count). The minimum absolute atomic E-state index is 0.196. The third kappa shape index (κ3) is 5.93. The van der Waals surface area contributed by atoms with E-state index in [0.717, 1.165) is 16.7 Å². The number of aromatic nitrogens is 2. The highest BCUT2D eigenvalue weighted by Crippen LogP contribution is 2.23. The van der Waals surface area contributed by atoms with Crippen molar-refractivity contribution in [3.8, 4) is 0 Å². The van der Waals surface area contributed by atoms with Crippen LogP contribution in [0.4, 0.5) is 10.5 Å². The summed E-state index contributed by atoms with van der Waals surface area (Å²) in [5.74, 6) is -0.196. The zero-order chi connectivity index (χ0) is 23.6. The van der Waals surface area contributed by atoms with Crippen LogP contribution >= 0.6 is 11.6 Å². The van der Waals surface area contributed by atoms with E-state index in [1.54, 1.807) is 28.0 Å². The Kier molecular flexibility index (Phi) is 6.42. The fourth-order valence-electron chi connectivity index (χ4n) is 3.67. The largest absolute Gasteiger partial charge is 0.444 e. The summed E-state index contributed by atoms with van der Waals surface area (Å²) in [7, 11) is 0. The summed E-state index contributed by atoms with van der Waals surface area (Å²) in [6.07, 6.45) is 3.79. The lowest BCUT2D eigenvalue weighted by Gasteiger charge is -2.31. The van der Waals surface area contributed by atoms with Crippen molar-refractivity contribution >= 4 is 29.3 Å². The Morgan fingerprint density at radius 3 is 2.61 bits per heavy atom. The number of anilines is 1. The SMILES string of the molecule is CC(C)(C)OC(=O)N1CCc2cc(C(=O)Nc3cnn(Cc4ccc(Cl)cc4)c3)ccc2C1. The molecule has 3 aromatic rings. The summed E-state index contributed by atoms with van der Waals surface area (Å²) < 4.78 is 7.24. The number of ether oxygens (including phenoxy) is 1. The van der Waals surface area contributed by atoms with E-state index in [-0.39, 0.29) is 12.0 Å². The van der Waals surface area contributed by atoms with Gasteiger partial charge in [-0.15, -0.1) is 0 Å². The van der Waals surface area contributed by atoms with E-state index in [1.807, 2.05) is 57.2 Å². The second kappa shape index (κ2) is 9.27. The quantitative estimate of drug-likeness (QED) is 0.578. The van der Waals surface area contributed by atoms with Gasteiger partial charge in [-0.3, -0.25) is 9.48 Å². The Morgan fingerprint density at radius 2 is 1.88 bits per heavy atom. The Hall–Kier alpha value is -3.32. The molecule has 0 radical (unpaired) electrons. The molecule has 0 saturated heterocycles. The van der Waals surface area contributed by atoms with E-state index in [0.29, 0.717) is 42.3 Å². The van der Waals surface area contributed by atoms with Crippen molar-refractivity contribution in [2.45, 2.75) is 45.9 Å². The highest BCUT2D eigenvalue weighted by Gasteiger charge is 2.26. The lowest BCUT2D eigenvalue weighted by Crippen LogP contribution is -2.39. The molecule has 2 aromatic carbocycles. The van der Waals surface area contributed by atoms with Gasteiger partial charge in [0.15, 0.2) is 0 Å². The molecular weight excluding hydrogens is 440 g/mol. The number of fused-ring (bicyclic) bond motifs is 1. The molecule has 2 amide bonds. The third-order valence-corrected chi connectivity index (χ3v) is 5.53. The first kappa shape index (κ1) is 22.9. The fourth-order valence-corrected chi connectivity index (χ4v) is 3.80. The molecular formula is C25H27ClN4O3. The highest BCUT2D eigenvalue weighted by molar-refractivity contribution is 6.30. The van der Waals surface area contributed by atoms with E-state index in [1.165, 1.54) is 0 Å². The zero-order valence-electron chi connectivity index (χ0n) is 19.0. The van der Waals surface area contributed by atoms with Crippen LogP contribution in [0.3, 0.4) is 0 Å². The van der Waals surface area contributed by atoms with Crippen molar-refractivity contribution in [2.75, 3.05) is 11.9 Å². The van der Waals surface area contributed by atoms with Crippen LogP contribution in [0.2, 0.25) is 5.02 Å². The normalized spacial score (nSPS) is 13.4. The predicted molar refractivity (Wildman–Crippen MR) is 128 cm³/mol. The summed E-state index contributed by atoms with van der Waals surface area (Å²) in [6, 6.07) is 13.2. The standard InChI is InChI=1S/C25H27ClN4O3/c1-25(2,3)33-24(32)29-11-10-18-12-19(6-7-20(18)15-29)23(31)28-22-13-27-30(16-22)14-17-4-8-21(26)9-5-17/h4-9,12-13,16H,10-11,14-15H2,1-3H3,(H,28,31). The maximum Gasteiger partial charge on any atom is 0.410 e. The van der Waals surface area contributed by atoms with Gasteiger partial charge in [-0.05, 0) is 68.1 Å². The molecule has 0 fully saturated rings. The molecule has 0 saturated carbocycles. The summed E-state index contributed by atoms with van der Waals surface area (Å²) in [5, 5.41) is 7.92. The number of carbonyl (C=O) groups is 2. The van der Waals surface area contributed by atoms with Crippen LogP contribution in [0.1, 0.15) is 47.8 Å². The van der Waals surface area contributed by atoms with Crippen LogP contribution in [-0.4, -0.2) is 38.8 Å². The lowest BCUT2D eigenvalue weighted by molar-refractivity contribution is 0.0224. The predicted octanol–water partition coefficient (Wildman–Crippen LogP) is 5.13. The van der Waals surface area contributed by atoms with Gasteiger partial charge in [-0.25, -0.2) is 4.79 Å². The molecule has 0 atom stereocenters. The van der Waals surface area contributed by atoms with E-state index >= 15 is 0 Å². The average Bonchev–Trinajstić information content (AvgIpc) is 3.20. The molecule has 7 nitrogen and oxygen atoms in total. The Morgan fingerprint density at radius 1 is 1.12 bits per heavy atom. The van der Waals surface area contributed by atoms with Gasteiger partial charge in [-0.2, -0.15) is 5.10 Å². The molecule has 1 aliphatic heterocycles. The molecule has 1 aliphatic rings. The zero-order valence-corrected chi connectivity index (χ0v) is 19.7. The highest BCUT2D eigenvalue weighted by atomic mass is 35.5. The van der Waals surface area contributed by atoms with Gasteiger partial charge in [0.25, 0.3) is 5.91 Å². The summed E-state index contributed by atoms with van der Waals surface area (Å²) >= 11 is 5.93. The number of carbonyl (C=O) groups excluding carboxylic acids is 2. The van der Waals surface area contributed by atoms with Crippen LogP contribution in [0.25, 0.3) is 0 Å². The number of hydrogen-bond acceptors (Lipinski definition) is 4. The molecule has 0 spiro atoms. The van der Waals surface area contributed by atoms with Crippen LogP contribution in [0, 0.1) is 0 Å². The van der Waals surface area contributed by atoms with E-state index in [9.17, 15) is 9.59 Å². The Balaban J connectivity index is 1.38. The molecule has 1 N–H and O–H groups in total. The minimum atomic E-state index is -0.526. The van der Waals surface area contributed by atoms with Crippen molar-refractivity contribution in [1.29, 1.82) is 0 Å². The van der Waals surface area contributed by atoms with Crippen LogP contribution in [0.15, 0.2) is 54.9 Å². The third-order valence-electron chi connectivity index (χ3n) is 5.28. The van der Waals surface area contributed by atoms with Crippen LogP contribution < -0.4 is 5.32 Å². The number of benzene rings is 2. The van der Waals surface area contributed by atoms with Crippen LogP contribution in [-0.2, 0) is 24.2 Å². The molecule has 0 aliphatic carbocycles. The molecule has 172 valence electrons. The molecule has 0 bridgehead atoms. The molecule has 33 heavy (non-hydrogen) atoms. The van der Waals surface area contributed by atoms with Gasteiger partial charge in [0.2, 0.25) is 0 Å². The molecule has 0 unspecified atom stereocenters. The second-order valence-electron chi connectivity index (χ2n) is 9.14. The van der Waals surface area contributed by atoms with E-state index in [4.69, 9.17) is 16.3 Å². The van der Waals surface area contributed by atoms with Crippen molar-refractivity contribution in [3.05, 3.63) is 82.1 Å². The first-order chi connectivity index (χ1) is 15.7. The number of halogens is 1. The maximum absolute atomic E-state index is 12.8. The summed E-state index contributed by atoms with van der Waals surface area (Å²) in [5.41, 5.74) is 3.84. The summed E-state index contributed by atoms with van der Waals surface area (Å²) in [6.45, 7) is 7.19. The monoisotopic (exact) mass is 466 g/mol. The van der Waals surface area contributed by atoms with Gasteiger partial charge in [0.05, 0.1) is 18.4 Å². The molecule has 1 aromatic heterocycles. The second-order valence-corrected chi connectivity index (χ2v) is 9.58. The summed E-state index contributed by atoms with van der Waals surface area (Å²) in [4.78, 5) is 26.8. The Labute approximate surface area is 198 Å². The number of nitrogens with one attached hydrogen (secondary N) is 1. The lowest BCUT2D eigenvalue weighted by atomic mass is 9.97. The number of amides is 2. The van der Waals surface area contributed by atoms with Gasteiger partial charge in [-0.1, -0.05) is 29.8 Å². The topological polar surface area (TPSA) is 76.5 Å². The fraction of sp³-hybridized carbons (Fsp3) is 0.320. The number of hydrogen-bond donors (Lipinski definition) is 1. The first-order valence-corrected chi connectivity index (χ1v) is 11.2. The molecule has 8 heteroatoms. The van der Waals surface area contributed by atoms with Gasteiger partial charge in [0.1, 0.15) is 5.60 Å². The van der Waals surface area contributed by atoms with Crippen LogP contribution in [0.5, 0.6) is 0 Å². The Bertz CT molecular complexity index is 1170. The van der Waals surface area contributed by atoms with Crippen molar-refractivity contribution in [1.82, 2.24) is 14.7 Å². The maximum atomic E-state index is 12.8. The van der Waals surface area contributed by atoms with Crippen molar-refractivity contribution < 1.29 is 14.3 Å².